The summed E-state index contributed by atoms with van der Waals surface area (Å²) in [5, 5.41) is 9.48. The predicted octanol–water partition coefficient (Wildman–Crippen LogP) is 1.03. The number of benzene rings is 1. The molecule has 0 bridgehead atoms. The molecule has 1 aromatic rings. The molecule has 48 valence electrons. The van der Waals surface area contributed by atoms with E-state index in [2.05, 4.69) is 9.24 Å². The van der Waals surface area contributed by atoms with Crippen LogP contribution in [0.1, 0.15) is 0 Å². The molecule has 1 aromatic carbocycles. The summed E-state index contributed by atoms with van der Waals surface area (Å²) >= 11 is 0. The molecule has 0 radical (unpaired) electrons. The molecule has 0 heterocycles. The van der Waals surface area contributed by atoms with Crippen LogP contribution in [0.5, 0.6) is 5.75 Å². The number of aromatic hydroxyl groups is 1. The Hall–Kier alpha value is -0.620. The molecule has 0 fully saturated rings. The number of halogens is 1. The lowest BCUT2D eigenvalue weighted by Crippen LogP contribution is -1.88. The summed E-state index contributed by atoms with van der Waals surface area (Å²) in [6, 6.07) is 4.14. The third-order valence-electron chi connectivity index (χ3n) is 0.970. The van der Waals surface area contributed by atoms with Gasteiger partial charge in [0, 0.05) is 0 Å². The van der Waals surface area contributed by atoms with Gasteiger partial charge in [0.1, 0.15) is 0 Å². The molecule has 0 aliphatic heterocycles. The van der Waals surface area contributed by atoms with E-state index in [1.807, 2.05) is 0 Å². The quantitative estimate of drug-likeness (QED) is 0.539. The minimum Gasteiger partial charge on any atom is -0.505 e. The van der Waals surface area contributed by atoms with Gasteiger partial charge in [-0.1, -0.05) is 6.07 Å². The van der Waals surface area contributed by atoms with E-state index in [4.69, 9.17) is 5.11 Å². The second-order valence-electron chi connectivity index (χ2n) is 1.71. The molecule has 0 aliphatic rings. The number of hydrogen-bond donors (Lipinski definition) is 1. The van der Waals surface area contributed by atoms with Crippen LogP contribution in [0.15, 0.2) is 18.2 Å². The molecule has 1 nitrogen and oxygen atoms in total. The summed E-state index contributed by atoms with van der Waals surface area (Å²) in [4.78, 5) is 0. The van der Waals surface area contributed by atoms with E-state index in [0.29, 0.717) is 0 Å². The summed E-state index contributed by atoms with van der Waals surface area (Å²) in [6.45, 7) is 0. The standard InChI is InChI=1S/C6H6FOP/c7-5-2-1-4(9)3-6(5)8/h1-3,8H,9H2. The van der Waals surface area contributed by atoms with Gasteiger partial charge in [-0.15, -0.1) is 9.24 Å². The molecule has 9 heavy (non-hydrogen) atoms. The number of rotatable bonds is 0. The van der Waals surface area contributed by atoms with Crippen molar-refractivity contribution in [2.75, 3.05) is 0 Å². The molecule has 0 saturated heterocycles. The Morgan fingerprint density at radius 3 is 2.56 bits per heavy atom. The minimum absolute atomic E-state index is 0.303. The first-order valence-electron chi connectivity index (χ1n) is 2.44. The van der Waals surface area contributed by atoms with Gasteiger partial charge in [0.25, 0.3) is 0 Å². The molecular weight excluding hydrogens is 138 g/mol. The van der Waals surface area contributed by atoms with Crippen LogP contribution in [0, 0.1) is 5.82 Å². The van der Waals surface area contributed by atoms with Gasteiger partial charge in [-0.2, -0.15) is 0 Å². The topological polar surface area (TPSA) is 20.2 Å². The van der Waals surface area contributed by atoms with Gasteiger partial charge < -0.3 is 5.11 Å². The molecule has 0 aliphatic carbocycles. The van der Waals surface area contributed by atoms with E-state index in [9.17, 15) is 4.39 Å². The highest BCUT2D eigenvalue weighted by Gasteiger charge is 1.96. The molecule has 1 N–H and O–H groups in total. The van der Waals surface area contributed by atoms with Gasteiger partial charge >= 0.3 is 0 Å². The monoisotopic (exact) mass is 144 g/mol. The SMILES string of the molecule is Oc1cc(P)ccc1F. The fraction of sp³-hybridized carbons (Fsp3) is 0. The van der Waals surface area contributed by atoms with Gasteiger partial charge in [0.05, 0.1) is 0 Å². The summed E-state index contributed by atoms with van der Waals surface area (Å²) in [5.41, 5.74) is 0. The molecule has 1 atom stereocenters. The van der Waals surface area contributed by atoms with E-state index in [1.165, 1.54) is 12.1 Å². The highest BCUT2D eigenvalue weighted by molar-refractivity contribution is 7.27. The largest absolute Gasteiger partial charge is 0.505 e. The highest BCUT2D eigenvalue weighted by atomic mass is 31.0. The Labute approximate surface area is 54.7 Å². The van der Waals surface area contributed by atoms with Crippen molar-refractivity contribution in [1.82, 2.24) is 0 Å². The van der Waals surface area contributed by atoms with E-state index in [-0.39, 0.29) is 5.75 Å². The normalized spacial score (nSPS) is 9.56. The van der Waals surface area contributed by atoms with Crippen LogP contribution in [-0.4, -0.2) is 5.11 Å². The Morgan fingerprint density at radius 1 is 1.44 bits per heavy atom. The van der Waals surface area contributed by atoms with Gasteiger partial charge in [-0.25, -0.2) is 4.39 Å². The zero-order valence-corrected chi connectivity index (χ0v) is 5.79. The van der Waals surface area contributed by atoms with Crippen LogP contribution < -0.4 is 5.30 Å². The van der Waals surface area contributed by atoms with Crippen molar-refractivity contribution in [3.05, 3.63) is 24.0 Å². The number of phenolic OH excluding ortho intramolecular Hbond substituents is 1. The maximum atomic E-state index is 12.2. The maximum Gasteiger partial charge on any atom is 0.164 e. The van der Waals surface area contributed by atoms with Gasteiger partial charge in [0.15, 0.2) is 11.6 Å². The van der Waals surface area contributed by atoms with E-state index >= 15 is 0 Å². The Kier molecular flexibility index (Phi) is 1.68. The molecular formula is C6H6FOP. The first kappa shape index (κ1) is 6.50. The van der Waals surface area contributed by atoms with Gasteiger partial charge in [0.2, 0.25) is 0 Å². The lowest BCUT2D eigenvalue weighted by atomic mass is 10.3. The van der Waals surface area contributed by atoms with Crippen LogP contribution in [-0.2, 0) is 0 Å². The fourth-order valence-corrected chi connectivity index (χ4v) is 0.784. The van der Waals surface area contributed by atoms with E-state index in [1.54, 1.807) is 6.07 Å². The fourth-order valence-electron chi connectivity index (χ4n) is 0.530. The van der Waals surface area contributed by atoms with Crippen LogP contribution in [0.25, 0.3) is 0 Å². The zero-order chi connectivity index (χ0) is 6.85. The van der Waals surface area contributed by atoms with Crippen molar-refractivity contribution in [3.63, 3.8) is 0 Å². The average Bonchev–Trinajstić information content (AvgIpc) is 1.80. The van der Waals surface area contributed by atoms with Crippen LogP contribution >= 0.6 is 9.24 Å². The Bertz CT molecular complexity index is 224. The summed E-state index contributed by atoms with van der Waals surface area (Å²) in [6.07, 6.45) is 0. The first-order valence-corrected chi connectivity index (χ1v) is 3.02. The maximum absolute atomic E-state index is 12.2. The summed E-state index contributed by atoms with van der Waals surface area (Å²) in [7, 11) is 2.36. The lowest BCUT2D eigenvalue weighted by Gasteiger charge is -1.93. The van der Waals surface area contributed by atoms with E-state index in [0.717, 1.165) is 5.30 Å². The van der Waals surface area contributed by atoms with Crippen LogP contribution in [0.4, 0.5) is 4.39 Å². The van der Waals surface area contributed by atoms with Crippen molar-refractivity contribution in [1.29, 1.82) is 0 Å². The predicted molar refractivity (Wildman–Crippen MR) is 37.4 cm³/mol. The van der Waals surface area contributed by atoms with Crippen LogP contribution in [0.3, 0.4) is 0 Å². The number of hydrogen-bond acceptors (Lipinski definition) is 1. The Morgan fingerprint density at radius 2 is 2.11 bits per heavy atom. The molecule has 1 rings (SSSR count). The molecule has 0 saturated carbocycles. The minimum atomic E-state index is -0.582. The van der Waals surface area contributed by atoms with Crippen molar-refractivity contribution in [2.24, 2.45) is 0 Å². The summed E-state index contributed by atoms with van der Waals surface area (Å²) < 4.78 is 12.2. The van der Waals surface area contributed by atoms with Crippen molar-refractivity contribution >= 4 is 14.5 Å². The molecule has 0 amide bonds. The van der Waals surface area contributed by atoms with Crippen molar-refractivity contribution < 1.29 is 9.50 Å². The highest BCUT2D eigenvalue weighted by Crippen LogP contribution is 2.12. The lowest BCUT2D eigenvalue weighted by molar-refractivity contribution is 0.433. The molecule has 0 aromatic heterocycles. The number of phenols is 1. The molecule has 3 heteroatoms. The van der Waals surface area contributed by atoms with Crippen molar-refractivity contribution in [3.8, 4) is 5.75 Å². The second kappa shape index (κ2) is 2.32. The van der Waals surface area contributed by atoms with E-state index < -0.39 is 5.82 Å². The zero-order valence-electron chi connectivity index (χ0n) is 4.63. The molecule has 1 unspecified atom stereocenters. The van der Waals surface area contributed by atoms with Crippen molar-refractivity contribution in [2.45, 2.75) is 0 Å². The van der Waals surface area contributed by atoms with Crippen LogP contribution in [0.2, 0.25) is 0 Å². The average molecular weight is 144 g/mol. The second-order valence-corrected chi connectivity index (χ2v) is 2.38. The molecule has 0 spiro atoms. The Balaban J connectivity index is 3.17. The smallest absolute Gasteiger partial charge is 0.164 e. The third-order valence-corrected chi connectivity index (χ3v) is 1.33. The third kappa shape index (κ3) is 1.39. The van der Waals surface area contributed by atoms with Gasteiger partial charge in [-0.3, -0.25) is 0 Å². The first-order chi connectivity index (χ1) is 4.20. The summed E-state index contributed by atoms with van der Waals surface area (Å²) in [5.74, 6) is -0.885. The van der Waals surface area contributed by atoms with Gasteiger partial charge in [-0.05, 0) is 17.4 Å².